The van der Waals surface area contributed by atoms with E-state index in [2.05, 4.69) is 121 Å². The summed E-state index contributed by atoms with van der Waals surface area (Å²) in [6.07, 6.45) is 11.8. The molecule has 4 aromatic carbocycles. The number of nitrogens with zero attached hydrogens (tertiary/aromatic N) is 2. The van der Waals surface area contributed by atoms with Crippen molar-refractivity contribution < 1.29 is 0 Å². The SMILES string of the molecule is CC1C=CC(c2cc(-c3ccc(-c4cncc5ccccc45)cc3)c3c(ccc4ccccc43)n2)=CC1. The second kappa shape index (κ2) is 8.83. The Balaban J connectivity index is 1.42. The summed E-state index contributed by atoms with van der Waals surface area (Å²) in [5.41, 5.74) is 7.99. The van der Waals surface area contributed by atoms with E-state index in [-0.39, 0.29) is 0 Å². The molecule has 6 aromatic rings. The molecule has 1 aliphatic carbocycles. The van der Waals surface area contributed by atoms with Crippen LogP contribution in [0.15, 0.2) is 122 Å². The zero-order valence-corrected chi connectivity index (χ0v) is 20.7. The smallest absolute Gasteiger partial charge is 0.0722 e. The van der Waals surface area contributed by atoms with E-state index in [1.54, 1.807) is 0 Å². The Bertz CT molecular complexity index is 1850. The Morgan fingerprint density at radius 3 is 2.22 bits per heavy atom. The topological polar surface area (TPSA) is 25.8 Å². The molecule has 37 heavy (non-hydrogen) atoms. The van der Waals surface area contributed by atoms with E-state index in [9.17, 15) is 0 Å². The van der Waals surface area contributed by atoms with Gasteiger partial charge >= 0.3 is 0 Å². The Morgan fingerprint density at radius 1 is 0.703 bits per heavy atom. The summed E-state index contributed by atoms with van der Waals surface area (Å²) in [4.78, 5) is 9.62. The number of aromatic nitrogens is 2. The van der Waals surface area contributed by atoms with Gasteiger partial charge < -0.3 is 0 Å². The highest BCUT2D eigenvalue weighted by Gasteiger charge is 2.15. The van der Waals surface area contributed by atoms with Gasteiger partial charge in [0, 0.05) is 28.7 Å². The van der Waals surface area contributed by atoms with Crippen LogP contribution in [0.5, 0.6) is 0 Å². The first-order valence-corrected chi connectivity index (χ1v) is 12.9. The van der Waals surface area contributed by atoms with Gasteiger partial charge in [-0.2, -0.15) is 0 Å². The van der Waals surface area contributed by atoms with Crippen molar-refractivity contribution in [3.63, 3.8) is 0 Å². The number of benzene rings is 4. The molecule has 0 aliphatic heterocycles. The minimum atomic E-state index is 0.573. The van der Waals surface area contributed by atoms with Gasteiger partial charge in [0.15, 0.2) is 0 Å². The number of fused-ring (bicyclic) bond motifs is 4. The summed E-state index contributed by atoms with van der Waals surface area (Å²) in [5.74, 6) is 0.573. The van der Waals surface area contributed by atoms with Gasteiger partial charge in [0.1, 0.15) is 0 Å². The molecule has 1 atom stereocenters. The zero-order chi connectivity index (χ0) is 24.8. The summed E-state index contributed by atoms with van der Waals surface area (Å²) in [6.45, 7) is 2.25. The molecule has 1 aliphatic rings. The fourth-order valence-electron chi connectivity index (χ4n) is 5.48. The second-order valence-corrected chi connectivity index (χ2v) is 9.95. The molecule has 2 heteroatoms. The van der Waals surface area contributed by atoms with Gasteiger partial charge in [-0.3, -0.25) is 4.98 Å². The van der Waals surface area contributed by atoms with Crippen LogP contribution in [0, 0.1) is 5.92 Å². The standard InChI is InChI=1S/C35H26N2/c1-23-10-12-27(13-11-23)34-20-31(35-30-9-5-2-6-24(30)18-19-33(35)37-34)25-14-16-26(17-15-25)32-22-36-21-28-7-3-4-8-29(28)32/h2-10,12-23H,11H2,1H3. The summed E-state index contributed by atoms with van der Waals surface area (Å²) >= 11 is 0. The minimum Gasteiger partial charge on any atom is -0.263 e. The van der Waals surface area contributed by atoms with Crippen molar-refractivity contribution in [2.24, 2.45) is 5.92 Å². The summed E-state index contributed by atoms with van der Waals surface area (Å²) < 4.78 is 0. The number of pyridine rings is 2. The molecule has 0 saturated heterocycles. The van der Waals surface area contributed by atoms with Crippen molar-refractivity contribution >= 4 is 38.0 Å². The van der Waals surface area contributed by atoms with Gasteiger partial charge in [0.2, 0.25) is 0 Å². The number of rotatable bonds is 3. The van der Waals surface area contributed by atoms with Crippen LogP contribution in [0.2, 0.25) is 0 Å². The van der Waals surface area contributed by atoms with E-state index in [0.29, 0.717) is 5.92 Å². The van der Waals surface area contributed by atoms with Crippen LogP contribution in [0.1, 0.15) is 19.0 Å². The first-order valence-electron chi connectivity index (χ1n) is 12.9. The van der Waals surface area contributed by atoms with Crippen LogP contribution in [0.4, 0.5) is 0 Å². The molecule has 0 N–H and O–H groups in total. The van der Waals surface area contributed by atoms with Gasteiger partial charge in [0.05, 0.1) is 11.2 Å². The van der Waals surface area contributed by atoms with E-state index in [1.807, 2.05) is 12.4 Å². The van der Waals surface area contributed by atoms with Crippen molar-refractivity contribution in [3.8, 4) is 22.3 Å². The summed E-state index contributed by atoms with van der Waals surface area (Å²) in [7, 11) is 0. The maximum absolute atomic E-state index is 5.13. The summed E-state index contributed by atoms with van der Waals surface area (Å²) in [6, 6.07) is 32.6. The molecule has 176 valence electrons. The normalized spacial score (nSPS) is 15.4. The minimum absolute atomic E-state index is 0.573. The van der Waals surface area contributed by atoms with Crippen LogP contribution >= 0.6 is 0 Å². The highest BCUT2D eigenvalue weighted by molar-refractivity contribution is 6.13. The molecule has 0 radical (unpaired) electrons. The Hall–Kier alpha value is -4.56. The highest BCUT2D eigenvalue weighted by atomic mass is 14.7. The van der Waals surface area contributed by atoms with E-state index in [4.69, 9.17) is 4.98 Å². The van der Waals surface area contributed by atoms with E-state index < -0.39 is 0 Å². The molecule has 2 heterocycles. The predicted octanol–water partition coefficient (Wildman–Crippen LogP) is 9.25. The van der Waals surface area contributed by atoms with Crippen LogP contribution in [-0.2, 0) is 0 Å². The lowest BCUT2D eigenvalue weighted by atomic mass is 9.91. The summed E-state index contributed by atoms with van der Waals surface area (Å²) in [5, 5.41) is 6.05. The Kier molecular flexibility index (Phi) is 5.18. The van der Waals surface area contributed by atoms with Crippen LogP contribution in [0.25, 0.3) is 60.3 Å². The molecule has 0 saturated carbocycles. The fourth-order valence-corrected chi connectivity index (χ4v) is 5.48. The molecule has 1 unspecified atom stereocenters. The maximum Gasteiger partial charge on any atom is 0.0722 e. The van der Waals surface area contributed by atoms with Crippen molar-refractivity contribution in [3.05, 3.63) is 127 Å². The third kappa shape index (κ3) is 3.82. The fraction of sp³-hybridized carbons (Fsp3) is 0.0857. The zero-order valence-electron chi connectivity index (χ0n) is 20.7. The number of hydrogen-bond acceptors (Lipinski definition) is 2. The monoisotopic (exact) mass is 474 g/mol. The lowest BCUT2D eigenvalue weighted by Gasteiger charge is -2.16. The third-order valence-electron chi connectivity index (χ3n) is 7.48. The van der Waals surface area contributed by atoms with Crippen molar-refractivity contribution in [1.29, 1.82) is 0 Å². The molecule has 2 aromatic heterocycles. The first kappa shape index (κ1) is 21.7. The molecular formula is C35H26N2. The molecule has 7 rings (SSSR count). The van der Waals surface area contributed by atoms with Crippen LogP contribution < -0.4 is 0 Å². The molecular weight excluding hydrogens is 448 g/mol. The van der Waals surface area contributed by atoms with E-state index >= 15 is 0 Å². The quantitative estimate of drug-likeness (QED) is 0.239. The van der Waals surface area contributed by atoms with Gasteiger partial charge in [-0.1, -0.05) is 104 Å². The largest absolute Gasteiger partial charge is 0.263 e. The predicted molar refractivity (Wildman–Crippen MR) is 156 cm³/mol. The van der Waals surface area contributed by atoms with Gasteiger partial charge in [-0.25, -0.2) is 4.98 Å². The molecule has 0 fully saturated rings. The number of allylic oxidation sites excluding steroid dienone is 4. The van der Waals surface area contributed by atoms with Gasteiger partial charge in [0.25, 0.3) is 0 Å². The lowest BCUT2D eigenvalue weighted by molar-refractivity contribution is 0.739. The van der Waals surface area contributed by atoms with Crippen LogP contribution in [-0.4, -0.2) is 9.97 Å². The molecule has 0 bridgehead atoms. The molecule has 2 nitrogen and oxygen atoms in total. The van der Waals surface area contributed by atoms with Crippen molar-refractivity contribution in [2.75, 3.05) is 0 Å². The Morgan fingerprint density at radius 2 is 1.43 bits per heavy atom. The second-order valence-electron chi connectivity index (χ2n) is 9.95. The molecule has 0 amide bonds. The lowest BCUT2D eigenvalue weighted by Crippen LogP contribution is -1.98. The Labute approximate surface area is 216 Å². The highest BCUT2D eigenvalue weighted by Crippen LogP contribution is 2.37. The third-order valence-corrected chi connectivity index (χ3v) is 7.48. The number of hydrogen-bond donors (Lipinski definition) is 0. The van der Waals surface area contributed by atoms with E-state index in [0.717, 1.165) is 28.6 Å². The van der Waals surface area contributed by atoms with Crippen molar-refractivity contribution in [1.82, 2.24) is 9.97 Å². The average Bonchev–Trinajstić information content (AvgIpc) is 2.96. The van der Waals surface area contributed by atoms with Crippen molar-refractivity contribution in [2.45, 2.75) is 13.3 Å². The van der Waals surface area contributed by atoms with Gasteiger partial charge in [-0.05, 0) is 62.9 Å². The maximum atomic E-state index is 5.13. The molecule has 0 spiro atoms. The first-order chi connectivity index (χ1) is 18.2. The van der Waals surface area contributed by atoms with Crippen LogP contribution in [0.3, 0.4) is 0 Å². The van der Waals surface area contributed by atoms with Gasteiger partial charge in [-0.15, -0.1) is 0 Å². The average molecular weight is 475 g/mol. The van der Waals surface area contributed by atoms with E-state index in [1.165, 1.54) is 43.8 Å².